The first-order valence-corrected chi connectivity index (χ1v) is 11.0. The van der Waals surface area contributed by atoms with Crippen LogP contribution in [0.4, 0.5) is 0 Å². The number of aromatic nitrogens is 1. The van der Waals surface area contributed by atoms with Crippen LogP contribution in [0.2, 0.25) is 0 Å². The lowest BCUT2D eigenvalue weighted by molar-refractivity contribution is 0.355. The van der Waals surface area contributed by atoms with E-state index in [1.165, 1.54) is 6.42 Å². The number of amidine groups is 1. The molecule has 2 N–H and O–H groups in total. The summed E-state index contributed by atoms with van der Waals surface area (Å²) in [6.07, 6.45) is 2.85. The first-order chi connectivity index (χ1) is 15.4. The summed E-state index contributed by atoms with van der Waals surface area (Å²) in [5.74, 6) is 1.50. The zero-order valence-electron chi connectivity index (χ0n) is 19.9. The molecule has 0 radical (unpaired) electrons. The van der Waals surface area contributed by atoms with Gasteiger partial charge >= 0.3 is 0 Å². The molecule has 172 valence electrons. The summed E-state index contributed by atoms with van der Waals surface area (Å²) in [6, 6.07) is 9.24. The number of phenols is 1. The molecule has 0 aliphatic carbocycles. The molecule has 1 aliphatic heterocycles. The van der Waals surface area contributed by atoms with Gasteiger partial charge in [-0.15, -0.1) is 10.2 Å². The third kappa shape index (κ3) is 6.92. The lowest BCUT2D eigenvalue weighted by atomic mass is 10.0. The molecule has 0 spiro atoms. The standard InChI is InChI=1S/C22H27N5O2.C3H8/c1-5-20(26-25-16(3)27-10-8-23-9-11-27)19-7-6-17(13-21(19)28)18-12-15(2)24-22(14-18)29-4;1-3-2/h5-7,12-14,23,28H,1,8-11H2,2-4H3;3H2,1-2H3/b25-16+,26-20+;. The number of ether oxygens (including phenoxy) is 1. The molecule has 1 saturated heterocycles. The summed E-state index contributed by atoms with van der Waals surface area (Å²) in [4.78, 5) is 6.48. The van der Waals surface area contributed by atoms with Gasteiger partial charge in [0.2, 0.25) is 5.88 Å². The van der Waals surface area contributed by atoms with E-state index in [1.54, 1.807) is 19.3 Å². The van der Waals surface area contributed by atoms with Gasteiger partial charge in [0.15, 0.2) is 0 Å². The second-order valence-electron chi connectivity index (χ2n) is 7.55. The molecule has 2 heterocycles. The van der Waals surface area contributed by atoms with Crippen molar-refractivity contribution in [3.8, 4) is 22.8 Å². The van der Waals surface area contributed by atoms with Crippen LogP contribution < -0.4 is 10.1 Å². The fourth-order valence-electron chi connectivity index (χ4n) is 3.22. The zero-order valence-corrected chi connectivity index (χ0v) is 19.9. The number of piperazine rings is 1. The molecule has 0 bridgehead atoms. The summed E-state index contributed by atoms with van der Waals surface area (Å²) < 4.78 is 5.24. The molecule has 1 aromatic carbocycles. The highest BCUT2D eigenvalue weighted by molar-refractivity contribution is 6.10. The Labute approximate surface area is 191 Å². The van der Waals surface area contributed by atoms with Crippen LogP contribution >= 0.6 is 0 Å². The number of methoxy groups -OCH3 is 1. The van der Waals surface area contributed by atoms with E-state index in [4.69, 9.17) is 4.74 Å². The lowest BCUT2D eigenvalue weighted by Gasteiger charge is -2.28. The number of allylic oxidation sites excluding steroid dienone is 1. The van der Waals surface area contributed by atoms with Crippen LogP contribution in [-0.4, -0.2) is 59.8 Å². The molecule has 1 fully saturated rings. The molecule has 1 aromatic heterocycles. The maximum absolute atomic E-state index is 10.6. The van der Waals surface area contributed by atoms with Gasteiger partial charge in [-0.3, -0.25) is 0 Å². The van der Waals surface area contributed by atoms with Crippen molar-refractivity contribution in [1.29, 1.82) is 0 Å². The van der Waals surface area contributed by atoms with Gasteiger partial charge in [0.25, 0.3) is 0 Å². The summed E-state index contributed by atoms with van der Waals surface area (Å²) in [6.45, 7) is 15.6. The van der Waals surface area contributed by atoms with E-state index in [9.17, 15) is 5.11 Å². The fraction of sp³-hybridized carbons (Fsp3) is 0.400. The van der Waals surface area contributed by atoms with Gasteiger partial charge in [0, 0.05) is 43.5 Å². The smallest absolute Gasteiger partial charge is 0.213 e. The van der Waals surface area contributed by atoms with Crippen molar-refractivity contribution < 1.29 is 9.84 Å². The number of nitrogens with zero attached hydrogens (tertiary/aromatic N) is 4. The maximum atomic E-state index is 10.6. The van der Waals surface area contributed by atoms with Crippen molar-refractivity contribution in [3.05, 3.63) is 54.2 Å². The van der Waals surface area contributed by atoms with Crippen LogP contribution in [0.25, 0.3) is 11.1 Å². The van der Waals surface area contributed by atoms with Gasteiger partial charge in [0.05, 0.1) is 12.8 Å². The molecule has 7 heteroatoms. The van der Waals surface area contributed by atoms with Crippen molar-refractivity contribution in [1.82, 2.24) is 15.2 Å². The molecule has 0 unspecified atom stereocenters. The molecule has 0 atom stereocenters. The van der Waals surface area contributed by atoms with Crippen LogP contribution in [0, 0.1) is 6.92 Å². The second-order valence-corrected chi connectivity index (χ2v) is 7.55. The van der Waals surface area contributed by atoms with E-state index in [1.807, 2.05) is 38.1 Å². The molecule has 0 amide bonds. The third-order valence-electron chi connectivity index (χ3n) is 4.82. The molecule has 2 aromatic rings. The van der Waals surface area contributed by atoms with Crippen LogP contribution in [0.5, 0.6) is 11.6 Å². The molecule has 0 saturated carbocycles. The van der Waals surface area contributed by atoms with E-state index >= 15 is 0 Å². The van der Waals surface area contributed by atoms with Crippen molar-refractivity contribution in [2.75, 3.05) is 33.3 Å². The number of nitrogens with one attached hydrogen (secondary N) is 1. The van der Waals surface area contributed by atoms with Gasteiger partial charge in [-0.05, 0) is 49.2 Å². The Morgan fingerprint density at radius 1 is 1.19 bits per heavy atom. The van der Waals surface area contributed by atoms with E-state index in [2.05, 4.69) is 45.8 Å². The van der Waals surface area contributed by atoms with Gasteiger partial charge in [0.1, 0.15) is 11.6 Å². The minimum Gasteiger partial charge on any atom is -0.507 e. The Morgan fingerprint density at radius 3 is 2.47 bits per heavy atom. The molecule has 32 heavy (non-hydrogen) atoms. The van der Waals surface area contributed by atoms with Crippen molar-refractivity contribution in [2.45, 2.75) is 34.1 Å². The van der Waals surface area contributed by atoms with Crippen molar-refractivity contribution in [2.24, 2.45) is 10.2 Å². The summed E-state index contributed by atoms with van der Waals surface area (Å²) in [7, 11) is 1.59. The minimum atomic E-state index is 0.115. The Balaban J connectivity index is 0.00000114. The second kappa shape index (κ2) is 12.6. The topological polar surface area (TPSA) is 82.3 Å². The van der Waals surface area contributed by atoms with Crippen LogP contribution in [0.1, 0.15) is 38.4 Å². The highest BCUT2D eigenvalue weighted by Crippen LogP contribution is 2.29. The van der Waals surface area contributed by atoms with E-state index in [0.29, 0.717) is 17.2 Å². The van der Waals surface area contributed by atoms with E-state index in [0.717, 1.165) is 48.8 Å². The summed E-state index contributed by atoms with van der Waals surface area (Å²) in [5.41, 5.74) is 3.72. The van der Waals surface area contributed by atoms with Crippen molar-refractivity contribution in [3.63, 3.8) is 0 Å². The number of hydrogen-bond acceptors (Lipinski definition) is 6. The lowest BCUT2D eigenvalue weighted by Crippen LogP contribution is -2.45. The Morgan fingerprint density at radius 2 is 1.88 bits per heavy atom. The first kappa shape index (κ1) is 25.1. The monoisotopic (exact) mass is 437 g/mol. The average Bonchev–Trinajstić information content (AvgIpc) is 2.80. The Hall–Kier alpha value is -3.19. The predicted molar refractivity (Wildman–Crippen MR) is 133 cm³/mol. The maximum Gasteiger partial charge on any atom is 0.213 e. The average molecular weight is 438 g/mol. The number of aryl methyl sites for hydroxylation is 1. The Bertz CT molecular complexity index is 963. The zero-order chi connectivity index (χ0) is 23.5. The molecular weight excluding hydrogens is 402 g/mol. The minimum absolute atomic E-state index is 0.115. The molecular formula is C25H35N5O2. The summed E-state index contributed by atoms with van der Waals surface area (Å²) >= 11 is 0. The van der Waals surface area contributed by atoms with Gasteiger partial charge < -0.3 is 20.1 Å². The number of benzene rings is 1. The van der Waals surface area contributed by atoms with E-state index in [-0.39, 0.29) is 5.75 Å². The largest absolute Gasteiger partial charge is 0.507 e. The van der Waals surface area contributed by atoms with Crippen LogP contribution in [-0.2, 0) is 0 Å². The van der Waals surface area contributed by atoms with E-state index < -0.39 is 0 Å². The predicted octanol–water partition coefficient (Wildman–Crippen LogP) is 4.40. The summed E-state index contributed by atoms with van der Waals surface area (Å²) in [5, 5.41) is 22.6. The fourth-order valence-corrected chi connectivity index (χ4v) is 3.22. The van der Waals surface area contributed by atoms with Gasteiger partial charge in [-0.1, -0.05) is 32.9 Å². The number of phenolic OH excluding ortho intramolecular Hbond substituents is 1. The highest BCUT2D eigenvalue weighted by Gasteiger charge is 2.12. The number of pyridine rings is 1. The molecule has 1 aliphatic rings. The first-order valence-electron chi connectivity index (χ1n) is 11.0. The number of aromatic hydroxyl groups is 1. The highest BCUT2D eigenvalue weighted by atomic mass is 16.5. The molecule has 3 rings (SSSR count). The Kier molecular flexibility index (Phi) is 9.88. The normalized spacial score (nSPS) is 14.5. The number of hydrogen-bond donors (Lipinski definition) is 2. The van der Waals surface area contributed by atoms with Gasteiger partial charge in [-0.25, -0.2) is 4.98 Å². The quantitative estimate of drug-likeness (QED) is 0.412. The third-order valence-corrected chi connectivity index (χ3v) is 4.82. The van der Waals surface area contributed by atoms with Crippen LogP contribution in [0.3, 0.4) is 0 Å². The van der Waals surface area contributed by atoms with Crippen molar-refractivity contribution >= 4 is 11.5 Å². The van der Waals surface area contributed by atoms with Gasteiger partial charge in [-0.2, -0.15) is 0 Å². The molecule has 7 nitrogen and oxygen atoms in total. The SMILES string of the molecule is C=C/C(=N\N=C(/C)N1CCNCC1)c1ccc(-c2cc(C)nc(OC)c2)cc1O.CCC. The van der Waals surface area contributed by atoms with Crippen LogP contribution in [0.15, 0.2) is 53.2 Å². The number of rotatable bonds is 5.